The molecule has 0 radical (unpaired) electrons. The summed E-state index contributed by atoms with van der Waals surface area (Å²) < 4.78 is 29.9. The fourth-order valence-corrected chi connectivity index (χ4v) is 4.31. The number of nitro groups is 1. The zero-order valence-electron chi connectivity index (χ0n) is 16.8. The minimum Gasteiger partial charge on any atom is -0.420 e. The molecule has 1 amide bonds. The van der Waals surface area contributed by atoms with E-state index in [1.165, 1.54) is 30.3 Å². The number of piperidine rings is 1. The molecule has 2 N–H and O–H groups in total. The van der Waals surface area contributed by atoms with Crippen molar-refractivity contribution in [1.29, 1.82) is 0 Å². The highest BCUT2D eigenvalue weighted by atomic mass is 79.9. The predicted molar refractivity (Wildman–Crippen MR) is 119 cm³/mol. The van der Waals surface area contributed by atoms with Crippen molar-refractivity contribution in [3.63, 3.8) is 0 Å². The maximum Gasteiger partial charge on any atom is 0.487 e. The SMILES string of the molecule is C[C@]1(O)CCCN(c2c(Br)cc(C(=O)Nc3ccc(OC(F)(F)Cl)cc3)cc2[N+](=O)[O-])C1. The molecule has 32 heavy (non-hydrogen) atoms. The first-order valence-electron chi connectivity index (χ1n) is 9.47. The second-order valence-electron chi connectivity index (χ2n) is 7.63. The summed E-state index contributed by atoms with van der Waals surface area (Å²) in [7, 11) is 0. The van der Waals surface area contributed by atoms with Gasteiger partial charge in [0.15, 0.2) is 0 Å². The van der Waals surface area contributed by atoms with Crippen LogP contribution in [0.5, 0.6) is 5.75 Å². The molecule has 1 fully saturated rings. The van der Waals surface area contributed by atoms with E-state index in [-0.39, 0.29) is 34.9 Å². The summed E-state index contributed by atoms with van der Waals surface area (Å²) in [4.78, 5) is 25.5. The van der Waals surface area contributed by atoms with Crippen molar-refractivity contribution in [2.45, 2.75) is 30.9 Å². The van der Waals surface area contributed by atoms with E-state index in [2.05, 4.69) is 26.0 Å². The number of β-amino-alcohol motifs (C(OH)–C–C–N with tert-alkyl or cyclic N) is 1. The molecule has 172 valence electrons. The summed E-state index contributed by atoms with van der Waals surface area (Å²) in [6.07, 6.45) is 1.25. The van der Waals surface area contributed by atoms with Gasteiger partial charge in [-0.3, -0.25) is 14.9 Å². The summed E-state index contributed by atoms with van der Waals surface area (Å²) in [5, 5.41) is 24.6. The predicted octanol–water partition coefficient (Wildman–Crippen LogP) is 5.13. The maximum absolute atomic E-state index is 12.7. The van der Waals surface area contributed by atoms with Crippen LogP contribution in [0.25, 0.3) is 0 Å². The van der Waals surface area contributed by atoms with Crippen LogP contribution in [0.15, 0.2) is 40.9 Å². The van der Waals surface area contributed by atoms with Gasteiger partial charge >= 0.3 is 5.57 Å². The first-order valence-corrected chi connectivity index (χ1v) is 10.6. The molecule has 0 aliphatic carbocycles. The first kappa shape index (κ1) is 24.1. The number of aliphatic hydroxyl groups is 1. The standard InChI is InChI=1S/C20H19BrClF2N3O5/c1-19(29)7-2-8-26(11-19)17-15(21)9-12(10-16(17)27(30)31)18(28)25-13-3-5-14(6-4-13)32-20(22,23)24/h3-6,9-10,29H,2,7-8,11H2,1H3,(H,25,28)/t19-/m0/s1. The number of amides is 1. The molecule has 12 heteroatoms. The summed E-state index contributed by atoms with van der Waals surface area (Å²) >= 11 is 8.03. The number of benzene rings is 2. The van der Waals surface area contributed by atoms with Gasteiger partial charge in [-0.05, 0) is 66.0 Å². The van der Waals surface area contributed by atoms with Gasteiger partial charge in [-0.2, -0.15) is 0 Å². The van der Waals surface area contributed by atoms with E-state index in [1.54, 1.807) is 11.8 Å². The van der Waals surface area contributed by atoms with Gasteiger partial charge in [0.05, 0.1) is 10.5 Å². The molecule has 2 aromatic rings. The highest BCUT2D eigenvalue weighted by molar-refractivity contribution is 9.10. The highest BCUT2D eigenvalue weighted by Crippen LogP contribution is 2.40. The fourth-order valence-electron chi connectivity index (χ4n) is 3.52. The van der Waals surface area contributed by atoms with Gasteiger partial charge in [0, 0.05) is 46.5 Å². The monoisotopic (exact) mass is 533 g/mol. The minimum atomic E-state index is -3.86. The number of anilines is 2. The van der Waals surface area contributed by atoms with Crippen molar-refractivity contribution in [1.82, 2.24) is 0 Å². The molecule has 1 aliphatic heterocycles. The Morgan fingerprint density at radius 3 is 2.59 bits per heavy atom. The molecule has 0 spiro atoms. The van der Waals surface area contributed by atoms with Crippen LogP contribution in [0.2, 0.25) is 0 Å². The number of carbonyl (C=O) groups excluding carboxylic acids is 1. The van der Waals surface area contributed by atoms with Crippen LogP contribution in [0.3, 0.4) is 0 Å². The van der Waals surface area contributed by atoms with Crippen molar-refractivity contribution in [2.75, 3.05) is 23.3 Å². The number of hydrogen-bond donors (Lipinski definition) is 2. The smallest absolute Gasteiger partial charge is 0.420 e. The van der Waals surface area contributed by atoms with Crippen LogP contribution in [0.1, 0.15) is 30.1 Å². The van der Waals surface area contributed by atoms with Gasteiger partial charge < -0.3 is 20.1 Å². The molecule has 1 aliphatic rings. The summed E-state index contributed by atoms with van der Waals surface area (Å²) in [5.74, 6) is -0.842. The molecule has 0 aromatic heterocycles. The van der Waals surface area contributed by atoms with Gasteiger partial charge in [-0.15, -0.1) is 8.78 Å². The Kier molecular flexibility index (Phi) is 6.91. The number of nitro benzene ring substituents is 1. The highest BCUT2D eigenvalue weighted by Gasteiger charge is 2.33. The molecule has 0 saturated carbocycles. The normalized spacial score (nSPS) is 18.9. The van der Waals surface area contributed by atoms with Crippen LogP contribution in [0, 0.1) is 10.1 Å². The minimum absolute atomic E-state index is 0.0173. The van der Waals surface area contributed by atoms with Gasteiger partial charge in [-0.1, -0.05) is 0 Å². The third-order valence-corrected chi connectivity index (χ3v) is 5.52. The Morgan fingerprint density at radius 1 is 1.38 bits per heavy atom. The van der Waals surface area contributed by atoms with E-state index < -0.39 is 22.0 Å². The zero-order chi connectivity index (χ0) is 23.7. The number of alkyl halides is 3. The number of rotatable bonds is 6. The van der Waals surface area contributed by atoms with Crippen LogP contribution < -0.4 is 15.0 Å². The molecule has 1 atom stereocenters. The average molecular weight is 535 g/mol. The lowest BCUT2D eigenvalue weighted by Crippen LogP contribution is -2.46. The number of hydrogen-bond acceptors (Lipinski definition) is 6. The third-order valence-electron chi connectivity index (χ3n) is 4.84. The van der Waals surface area contributed by atoms with E-state index in [4.69, 9.17) is 11.6 Å². The third kappa shape index (κ3) is 6.05. The Balaban J connectivity index is 1.84. The van der Waals surface area contributed by atoms with Gasteiger partial charge in [0.25, 0.3) is 11.6 Å². The lowest BCUT2D eigenvalue weighted by Gasteiger charge is -2.38. The second-order valence-corrected chi connectivity index (χ2v) is 8.93. The first-order chi connectivity index (χ1) is 14.8. The topological polar surface area (TPSA) is 105 Å². The fraction of sp³-hybridized carbons (Fsp3) is 0.350. The van der Waals surface area contributed by atoms with Crippen LogP contribution in [-0.2, 0) is 0 Å². The van der Waals surface area contributed by atoms with Crippen LogP contribution >= 0.6 is 27.5 Å². The molecule has 0 unspecified atom stereocenters. The lowest BCUT2D eigenvalue weighted by atomic mass is 9.94. The molecule has 0 bridgehead atoms. The van der Waals surface area contributed by atoms with Gasteiger partial charge in [0.1, 0.15) is 11.4 Å². The van der Waals surface area contributed by atoms with Crippen LogP contribution in [-0.4, -0.2) is 40.2 Å². The average Bonchev–Trinajstić information content (AvgIpc) is 2.66. The van der Waals surface area contributed by atoms with E-state index in [1.807, 2.05) is 0 Å². The van der Waals surface area contributed by atoms with E-state index in [9.17, 15) is 28.8 Å². The molecule has 3 rings (SSSR count). The van der Waals surface area contributed by atoms with Gasteiger partial charge in [0.2, 0.25) is 0 Å². The molecule has 1 saturated heterocycles. The second kappa shape index (κ2) is 9.16. The Morgan fingerprint density at radius 2 is 2.03 bits per heavy atom. The van der Waals surface area contributed by atoms with Crippen molar-refractivity contribution in [3.8, 4) is 5.75 Å². The Hall–Kier alpha value is -2.50. The summed E-state index contributed by atoms with van der Waals surface area (Å²) in [6, 6.07) is 7.63. The van der Waals surface area contributed by atoms with E-state index >= 15 is 0 Å². The van der Waals surface area contributed by atoms with Crippen molar-refractivity contribution >= 4 is 50.5 Å². The number of halogens is 4. The number of nitrogens with zero attached hydrogens (tertiary/aromatic N) is 2. The lowest BCUT2D eigenvalue weighted by molar-refractivity contribution is -0.384. The van der Waals surface area contributed by atoms with Crippen molar-refractivity contribution < 1.29 is 28.3 Å². The molecular formula is C20H19BrClF2N3O5. The zero-order valence-corrected chi connectivity index (χ0v) is 19.1. The summed E-state index contributed by atoms with van der Waals surface area (Å²) in [6.45, 7) is 2.41. The van der Waals surface area contributed by atoms with E-state index in [0.717, 1.165) is 6.07 Å². The number of carbonyl (C=O) groups is 1. The number of ether oxygens (including phenoxy) is 1. The Bertz CT molecular complexity index is 1030. The largest absolute Gasteiger partial charge is 0.487 e. The molecule has 8 nitrogen and oxygen atoms in total. The molecular weight excluding hydrogens is 516 g/mol. The molecule has 2 aromatic carbocycles. The van der Waals surface area contributed by atoms with E-state index in [0.29, 0.717) is 23.9 Å². The number of nitrogens with one attached hydrogen (secondary N) is 1. The molecule has 1 heterocycles. The van der Waals surface area contributed by atoms with Crippen LogP contribution in [0.4, 0.5) is 25.8 Å². The Labute approximate surface area is 195 Å². The maximum atomic E-state index is 12.7. The summed E-state index contributed by atoms with van der Waals surface area (Å²) in [5.41, 5.74) is -4.56. The van der Waals surface area contributed by atoms with Gasteiger partial charge in [-0.25, -0.2) is 0 Å². The quantitative estimate of drug-likeness (QED) is 0.302. The van der Waals surface area contributed by atoms with Crippen molar-refractivity contribution in [2.24, 2.45) is 0 Å². The van der Waals surface area contributed by atoms with Crippen molar-refractivity contribution in [3.05, 3.63) is 56.5 Å².